The van der Waals surface area contributed by atoms with Gasteiger partial charge in [-0.1, -0.05) is 0 Å². The molecule has 2 aromatic heterocycles. The molecular weight excluding hydrogens is 374 g/mol. The SMILES string of the molecule is CON(c1ncc([N+](=O)[O-])cc1[N+](=O)[O-])c1ncc([N+](=O)[O-])cc1[N+](=O)[O-]. The second-order valence-electron chi connectivity index (χ2n) is 4.58. The van der Waals surface area contributed by atoms with E-state index in [-0.39, 0.29) is 0 Å². The summed E-state index contributed by atoms with van der Waals surface area (Å²) in [5, 5.41) is 44.5. The van der Waals surface area contributed by atoms with Crippen molar-refractivity contribution < 1.29 is 24.5 Å². The van der Waals surface area contributed by atoms with Gasteiger partial charge in [-0.2, -0.15) is 5.06 Å². The summed E-state index contributed by atoms with van der Waals surface area (Å²) in [7, 11) is 0.972. The van der Waals surface area contributed by atoms with Gasteiger partial charge in [0.25, 0.3) is 11.4 Å². The Hall–Kier alpha value is -4.34. The fourth-order valence-electron chi connectivity index (χ4n) is 1.93. The van der Waals surface area contributed by atoms with E-state index in [2.05, 4.69) is 9.97 Å². The minimum absolute atomic E-state index is 0.462. The zero-order valence-electron chi connectivity index (χ0n) is 13.1. The molecule has 0 aliphatic carbocycles. The average Bonchev–Trinajstić information content (AvgIpc) is 2.62. The van der Waals surface area contributed by atoms with Gasteiger partial charge in [0.1, 0.15) is 12.4 Å². The standard InChI is InChI=1S/C11H7N7O9/c1-27-14(10-8(17(23)24)2-6(4-12-10)15(19)20)11-9(18(25)26)3-7(5-13-11)16(21)22/h2-5H,1H3. The third-order valence-corrected chi connectivity index (χ3v) is 3.05. The van der Waals surface area contributed by atoms with Gasteiger partial charge in [0, 0.05) is 0 Å². The minimum Gasteiger partial charge on any atom is -0.268 e. The van der Waals surface area contributed by atoms with E-state index >= 15 is 0 Å². The first-order valence-corrected chi connectivity index (χ1v) is 6.59. The van der Waals surface area contributed by atoms with Crippen LogP contribution in [0.4, 0.5) is 34.4 Å². The minimum atomic E-state index is -1.02. The van der Waals surface area contributed by atoms with Gasteiger partial charge < -0.3 is 0 Å². The van der Waals surface area contributed by atoms with Crippen LogP contribution in [0.25, 0.3) is 0 Å². The number of anilines is 2. The summed E-state index contributed by atoms with van der Waals surface area (Å²) >= 11 is 0. The number of rotatable bonds is 7. The van der Waals surface area contributed by atoms with Gasteiger partial charge >= 0.3 is 11.4 Å². The molecule has 2 rings (SSSR count). The Labute approximate surface area is 147 Å². The highest BCUT2D eigenvalue weighted by molar-refractivity contribution is 5.72. The first-order valence-electron chi connectivity index (χ1n) is 6.59. The van der Waals surface area contributed by atoms with Crippen molar-refractivity contribution in [1.29, 1.82) is 0 Å². The smallest absolute Gasteiger partial charge is 0.268 e. The molecule has 0 aliphatic heterocycles. The van der Waals surface area contributed by atoms with Crippen LogP contribution in [0.5, 0.6) is 0 Å². The lowest BCUT2D eigenvalue weighted by atomic mass is 10.3. The van der Waals surface area contributed by atoms with Crippen molar-refractivity contribution in [2.45, 2.75) is 0 Å². The number of pyridine rings is 2. The van der Waals surface area contributed by atoms with E-state index in [1.807, 2.05) is 0 Å². The first-order chi connectivity index (χ1) is 12.7. The van der Waals surface area contributed by atoms with Crippen molar-refractivity contribution in [1.82, 2.24) is 9.97 Å². The summed E-state index contributed by atoms with van der Waals surface area (Å²) in [5.74, 6) is -1.31. The highest BCUT2D eigenvalue weighted by Gasteiger charge is 2.33. The molecule has 0 spiro atoms. The molecule has 2 aromatic rings. The van der Waals surface area contributed by atoms with Crippen LogP contribution in [0.1, 0.15) is 0 Å². The molecule has 0 bridgehead atoms. The number of aromatic nitrogens is 2. The lowest BCUT2D eigenvalue weighted by Crippen LogP contribution is -2.20. The van der Waals surface area contributed by atoms with Crippen molar-refractivity contribution in [3.05, 3.63) is 65.0 Å². The van der Waals surface area contributed by atoms with Crippen LogP contribution in [-0.4, -0.2) is 36.8 Å². The molecule has 140 valence electrons. The predicted molar refractivity (Wildman–Crippen MR) is 84.2 cm³/mol. The van der Waals surface area contributed by atoms with Gasteiger partial charge in [-0.05, 0) is 0 Å². The van der Waals surface area contributed by atoms with E-state index in [0.717, 1.165) is 7.11 Å². The van der Waals surface area contributed by atoms with Crippen molar-refractivity contribution in [3.8, 4) is 0 Å². The van der Waals surface area contributed by atoms with Crippen molar-refractivity contribution in [2.75, 3.05) is 12.2 Å². The summed E-state index contributed by atoms with van der Waals surface area (Å²) in [4.78, 5) is 52.1. The number of hydrogen-bond acceptors (Lipinski definition) is 12. The van der Waals surface area contributed by atoms with Crippen LogP contribution in [0.15, 0.2) is 24.5 Å². The molecule has 0 aliphatic rings. The molecule has 0 amide bonds. The van der Waals surface area contributed by atoms with Crippen LogP contribution >= 0.6 is 0 Å². The maximum absolute atomic E-state index is 11.2. The maximum Gasteiger partial charge on any atom is 0.321 e. The second-order valence-corrected chi connectivity index (χ2v) is 4.58. The lowest BCUT2D eigenvalue weighted by molar-refractivity contribution is -0.394. The topological polar surface area (TPSA) is 211 Å². The Morgan fingerprint density at radius 3 is 1.41 bits per heavy atom. The molecule has 0 aromatic carbocycles. The van der Waals surface area contributed by atoms with Crippen LogP contribution in [0.3, 0.4) is 0 Å². The molecule has 0 N–H and O–H groups in total. The van der Waals surface area contributed by atoms with Gasteiger partial charge in [-0.25, -0.2) is 9.97 Å². The summed E-state index contributed by atoms with van der Waals surface area (Å²) in [6, 6.07) is 1.15. The Bertz CT molecular complexity index is 888. The number of nitro groups is 4. The van der Waals surface area contributed by atoms with Crippen molar-refractivity contribution >= 4 is 34.4 Å². The Balaban J connectivity index is 2.70. The van der Waals surface area contributed by atoms with E-state index < -0.39 is 54.1 Å². The average molecular weight is 381 g/mol. The van der Waals surface area contributed by atoms with Gasteiger partial charge in [-0.3, -0.25) is 45.3 Å². The van der Waals surface area contributed by atoms with Crippen LogP contribution in [0, 0.1) is 40.5 Å². The maximum atomic E-state index is 11.2. The summed E-state index contributed by atoms with van der Waals surface area (Å²) < 4.78 is 0. The van der Waals surface area contributed by atoms with E-state index in [4.69, 9.17) is 4.84 Å². The van der Waals surface area contributed by atoms with E-state index in [1.165, 1.54) is 0 Å². The fraction of sp³-hybridized carbons (Fsp3) is 0.0909. The number of nitrogens with zero attached hydrogens (tertiary/aromatic N) is 7. The first kappa shape index (κ1) is 19.0. The highest BCUT2D eigenvalue weighted by Crippen LogP contribution is 2.38. The monoisotopic (exact) mass is 381 g/mol. The summed E-state index contributed by atoms with van der Waals surface area (Å²) in [6.07, 6.45) is 1.34. The molecule has 0 atom stereocenters. The molecule has 16 heteroatoms. The lowest BCUT2D eigenvalue weighted by Gasteiger charge is -2.18. The van der Waals surface area contributed by atoms with E-state index in [9.17, 15) is 40.5 Å². The molecule has 0 fully saturated rings. The summed E-state index contributed by atoms with van der Waals surface area (Å²) in [5.41, 5.74) is -3.21. The quantitative estimate of drug-likeness (QED) is 0.496. The van der Waals surface area contributed by atoms with Crippen LogP contribution in [0.2, 0.25) is 0 Å². The van der Waals surface area contributed by atoms with Gasteiger partial charge in [0.15, 0.2) is 0 Å². The molecule has 0 saturated heterocycles. The molecule has 2 heterocycles. The largest absolute Gasteiger partial charge is 0.321 e. The van der Waals surface area contributed by atoms with E-state index in [1.54, 1.807) is 0 Å². The molecule has 16 nitrogen and oxygen atoms in total. The zero-order chi connectivity index (χ0) is 20.3. The van der Waals surface area contributed by atoms with Crippen LogP contribution < -0.4 is 5.06 Å². The molecule has 0 radical (unpaired) electrons. The molecule has 0 unspecified atom stereocenters. The van der Waals surface area contributed by atoms with Gasteiger partial charge in [-0.15, -0.1) is 0 Å². The summed E-state index contributed by atoms with van der Waals surface area (Å²) in [6.45, 7) is 0. The third kappa shape index (κ3) is 3.69. The predicted octanol–water partition coefficient (Wildman–Crippen LogP) is 1.81. The Kier molecular flexibility index (Phi) is 5.11. The number of hydrogen-bond donors (Lipinski definition) is 0. The normalized spacial score (nSPS) is 10.3. The van der Waals surface area contributed by atoms with Crippen molar-refractivity contribution in [3.63, 3.8) is 0 Å². The highest BCUT2D eigenvalue weighted by atomic mass is 16.7. The van der Waals surface area contributed by atoms with Gasteiger partial charge in [0.2, 0.25) is 11.6 Å². The Morgan fingerprint density at radius 2 is 1.15 bits per heavy atom. The second kappa shape index (κ2) is 7.27. The van der Waals surface area contributed by atoms with Crippen LogP contribution in [-0.2, 0) is 4.84 Å². The van der Waals surface area contributed by atoms with Gasteiger partial charge in [0.05, 0.1) is 38.9 Å². The van der Waals surface area contributed by atoms with Crippen molar-refractivity contribution in [2.24, 2.45) is 0 Å². The zero-order valence-corrected chi connectivity index (χ0v) is 13.1. The van der Waals surface area contributed by atoms with E-state index in [0.29, 0.717) is 29.6 Å². The fourth-order valence-corrected chi connectivity index (χ4v) is 1.93. The molecule has 27 heavy (non-hydrogen) atoms. The molecule has 0 saturated carbocycles. The third-order valence-electron chi connectivity index (χ3n) is 3.05. The molecular formula is C11H7N7O9. The Morgan fingerprint density at radius 1 is 0.778 bits per heavy atom.